The lowest BCUT2D eigenvalue weighted by molar-refractivity contribution is 1.22. The van der Waals surface area contributed by atoms with Gasteiger partial charge in [0.2, 0.25) is 0 Å². The van der Waals surface area contributed by atoms with Crippen LogP contribution in [-0.2, 0) is 0 Å². The second-order valence-electron chi connectivity index (χ2n) is 3.60. The number of hydrogen-bond acceptors (Lipinski definition) is 2. The van der Waals surface area contributed by atoms with Crippen molar-refractivity contribution in [2.45, 2.75) is 4.90 Å². The maximum Gasteiger partial charge on any atom is 0.0407 e. The molecule has 3 heteroatoms. The Morgan fingerprint density at radius 1 is 0.941 bits per heavy atom. The second kappa shape index (κ2) is 6.58. The van der Waals surface area contributed by atoms with Crippen molar-refractivity contribution in [3.05, 3.63) is 59.6 Å². The Labute approximate surface area is 111 Å². The van der Waals surface area contributed by atoms with Crippen LogP contribution in [0.5, 0.6) is 0 Å². The van der Waals surface area contributed by atoms with Crippen LogP contribution < -0.4 is 5.32 Å². The molecule has 0 unspecified atom stereocenters. The van der Waals surface area contributed by atoms with Crippen LogP contribution in [-0.4, -0.2) is 12.3 Å². The molecule has 0 saturated carbocycles. The summed E-state index contributed by atoms with van der Waals surface area (Å²) in [5, 5.41) is 4.14. The summed E-state index contributed by atoms with van der Waals surface area (Å²) in [6, 6.07) is 18.2. The minimum Gasteiger partial charge on any atom is -0.384 e. The Kier molecular flexibility index (Phi) is 4.77. The van der Waals surface area contributed by atoms with Crippen LogP contribution in [0.3, 0.4) is 0 Å². The maximum atomic E-state index is 5.82. The van der Waals surface area contributed by atoms with Gasteiger partial charge in [-0.1, -0.05) is 29.8 Å². The lowest BCUT2D eigenvalue weighted by Gasteiger charge is -2.06. The normalized spacial score (nSPS) is 10.2. The first-order valence-corrected chi connectivity index (χ1v) is 6.88. The summed E-state index contributed by atoms with van der Waals surface area (Å²) in [4.78, 5) is 1.31. The number of thioether (sulfide) groups is 1. The maximum absolute atomic E-state index is 5.82. The van der Waals surface area contributed by atoms with E-state index in [1.54, 1.807) is 0 Å². The van der Waals surface area contributed by atoms with E-state index >= 15 is 0 Å². The molecule has 0 heterocycles. The third kappa shape index (κ3) is 4.33. The molecule has 1 nitrogen and oxygen atoms in total. The third-order valence-corrected chi connectivity index (χ3v) is 3.55. The van der Waals surface area contributed by atoms with Crippen molar-refractivity contribution in [2.75, 3.05) is 17.6 Å². The molecule has 0 spiro atoms. The minimum absolute atomic E-state index is 0.772. The molecule has 0 aromatic heterocycles. The molecule has 17 heavy (non-hydrogen) atoms. The largest absolute Gasteiger partial charge is 0.384 e. The molecular weight excluding hydrogens is 250 g/mol. The third-order valence-electron chi connectivity index (χ3n) is 2.29. The fourth-order valence-corrected chi connectivity index (χ4v) is 2.36. The Bertz CT molecular complexity index is 442. The summed E-state index contributed by atoms with van der Waals surface area (Å²) in [7, 11) is 0. The van der Waals surface area contributed by atoms with Gasteiger partial charge in [-0.15, -0.1) is 11.8 Å². The SMILES string of the molecule is Clc1ccc(NCCSc2ccccc2)cc1. The zero-order valence-electron chi connectivity index (χ0n) is 9.40. The highest BCUT2D eigenvalue weighted by Crippen LogP contribution is 2.17. The average Bonchev–Trinajstić information content (AvgIpc) is 2.38. The van der Waals surface area contributed by atoms with Gasteiger partial charge in [0, 0.05) is 27.9 Å². The Morgan fingerprint density at radius 2 is 1.65 bits per heavy atom. The number of nitrogens with one attached hydrogen (secondary N) is 1. The molecule has 0 fully saturated rings. The first-order chi connectivity index (χ1) is 8.34. The van der Waals surface area contributed by atoms with Crippen LogP contribution >= 0.6 is 23.4 Å². The molecule has 0 bridgehead atoms. The van der Waals surface area contributed by atoms with Gasteiger partial charge in [0.25, 0.3) is 0 Å². The van der Waals surface area contributed by atoms with Gasteiger partial charge in [0.1, 0.15) is 0 Å². The van der Waals surface area contributed by atoms with E-state index in [9.17, 15) is 0 Å². The molecule has 0 amide bonds. The summed E-state index contributed by atoms with van der Waals surface area (Å²) >= 11 is 7.68. The summed E-state index contributed by atoms with van der Waals surface area (Å²) < 4.78 is 0. The lowest BCUT2D eigenvalue weighted by Crippen LogP contribution is -2.03. The summed E-state index contributed by atoms with van der Waals surface area (Å²) in [6.45, 7) is 0.946. The van der Waals surface area contributed by atoms with E-state index in [0.717, 1.165) is 23.0 Å². The van der Waals surface area contributed by atoms with Crippen molar-refractivity contribution in [1.29, 1.82) is 0 Å². The smallest absolute Gasteiger partial charge is 0.0407 e. The first kappa shape index (κ1) is 12.3. The number of anilines is 1. The van der Waals surface area contributed by atoms with Crippen LogP contribution in [0, 0.1) is 0 Å². The molecular formula is C14H14ClNS. The monoisotopic (exact) mass is 263 g/mol. The van der Waals surface area contributed by atoms with Crippen LogP contribution in [0.25, 0.3) is 0 Å². The van der Waals surface area contributed by atoms with Gasteiger partial charge < -0.3 is 5.32 Å². The Hall–Kier alpha value is -1.12. The van der Waals surface area contributed by atoms with Crippen molar-refractivity contribution in [2.24, 2.45) is 0 Å². The van der Waals surface area contributed by atoms with E-state index in [1.165, 1.54) is 4.90 Å². The predicted molar refractivity (Wildman–Crippen MR) is 77.1 cm³/mol. The second-order valence-corrected chi connectivity index (χ2v) is 5.20. The van der Waals surface area contributed by atoms with E-state index in [0.29, 0.717) is 0 Å². The van der Waals surface area contributed by atoms with Gasteiger partial charge in [-0.2, -0.15) is 0 Å². The van der Waals surface area contributed by atoms with Crippen LogP contribution in [0.1, 0.15) is 0 Å². The highest BCUT2D eigenvalue weighted by Gasteiger charge is 1.94. The quantitative estimate of drug-likeness (QED) is 0.628. The zero-order valence-corrected chi connectivity index (χ0v) is 11.0. The Balaban J connectivity index is 1.71. The predicted octanol–water partition coefficient (Wildman–Crippen LogP) is 4.54. The summed E-state index contributed by atoms with van der Waals surface area (Å²) in [6.07, 6.45) is 0. The molecule has 0 aliphatic carbocycles. The van der Waals surface area contributed by atoms with E-state index in [4.69, 9.17) is 11.6 Å². The van der Waals surface area contributed by atoms with Gasteiger partial charge >= 0.3 is 0 Å². The summed E-state index contributed by atoms with van der Waals surface area (Å²) in [5.74, 6) is 1.05. The fraction of sp³-hybridized carbons (Fsp3) is 0.143. The molecule has 0 aliphatic heterocycles. The van der Waals surface area contributed by atoms with Crippen molar-refractivity contribution in [3.8, 4) is 0 Å². The molecule has 0 atom stereocenters. The molecule has 88 valence electrons. The fourth-order valence-electron chi connectivity index (χ4n) is 1.45. The van der Waals surface area contributed by atoms with Gasteiger partial charge in [-0.25, -0.2) is 0 Å². The van der Waals surface area contributed by atoms with Gasteiger partial charge in [-0.3, -0.25) is 0 Å². The topological polar surface area (TPSA) is 12.0 Å². The zero-order chi connectivity index (χ0) is 11.9. The van der Waals surface area contributed by atoms with Crippen molar-refractivity contribution in [3.63, 3.8) is 0 Å². The first-order valence-electron chi connectivity index (χ1n) is 5.52. The molecule has 1 N–H and O–H groups in total. The van der Waals surface area contributed by atoms with E-state index in [1.807, 2.05) is 42.1 Å². The number of halogens is 1. The van der Waals surface area contributed by atoms with Crippen molar-refractivity contribution >= 4 is 29.1 Å². The summed E-state index contributed by atoms with van der Waals surface area (Å²) in [5.41, 5.74) is 1.11. The van der Waals surface area contributed by atoms with E-state index in [-0.39, 0.29) is 0 Å². The highest BCUT2D eigenvalue weighted by atomic mass is 35.5. The van der Waals surface area contributed by atoms with Crippen LogP contribution in [0.2, 0.25) is 5.02 Å². The van der Waals surface area contributed by atoms with Gasteiger partial charge in [-0.05, 0) is 36.4 Å². The molecule has 0 radical (unpaired) electrons. The highest BCUT2D eigenvalue weighted by molar-refractivity contribution is 7.99. The van der Waals surface area contributed by atoms with Crippen molar-refractivity contribution < 1.29 is 0 Å². The Morgan fingerprint density at radius 3 is 2.35 bits per heavy atom. The molecule has 2 aromatic rings. The number of rotatable bonds is 5. The van der Waals surface area contributed by atoms with Gasteiger partial charge in [0.05, 0.1) is 0 Å². The van der Waals surface area contributed by atoms with Crippen LogP contribution in [0.15, 0.2) is 59.5 Å². The number of hydrogen-bond donors (Lipinski definition) is 1. The standard InChI is InChI=1S/C14H14ClNS/c15-12-6-8-13(9-7-12)16-10-11-17-14-4-2-1-3-5-14/h1-9,16H,10-11H2. The van der Waals surface area contributed by atoms with Crippen molar-refractivity contribution in [1.82, 2.24) is 0 Å². The van der Waals surface area contributed by atoms with E-state index < -0.39 is 0 Å². The number of benzene rings is 2. The average molecular weight is 264 g/mol. The van der Waals surface area contributed by atoms with E-state index in [2.05, 4.69) is 29.6 Å². The minimum atomic E-state index is 0.772. The van der Waals surface area contributed by atoms with Crippen LogP contribution in [0.4, 0.5) is 5.69 Å². The molecule has 0 aliphatic rings. The molecule has 0 saturated heterocycles. The molecule has 2 aromatic carbocycles. The lowest BCUT2D eigenvalue weighted by atomic mass is 10.3. The molecule has 2 rings (SSSR count). The van der Waals surface area contributed by atoms with Gasteiger partial charge in [0.15, 0.2) is 0 Å².